The normalized spacial score (nSPS) is 11.1. The van der Waals surface area contributed by atoms with Gasteiger partial charge >= 0.3 is 0 Å². The summed E-state index contributed by atoms with van der Waals surface area (Å²) in [5.41, 5.74) is 3.39. The van der Waals surface area contributed by atoms with Crippen LogP contribution in [0, 0.1) is 0 Å². The molecular formula is C17H20N2O. The maximum absolute atomic E-state index is 5.76. The van der Waals surface area contributed by atoms with Gasteiger partial charge in [-0.3, -0.25) is 0 Å². The molecule has 1 aromatic heterocycles. The Morgan fingerprint density at radius 2 is 1.80 bits per heavy atom. The van der Waals surface area contributed by atoms with Crippen molar-refractivity contribution >= 4 is 27.5 Å². The van der Waals surface area contributed by atoms with Gasteiger partial charge in [0.1, 0.15) is 5.75 Å². The predicted octanol–water partition coefficient (Wildman–Crippen LogP) is 4.54. The number of hydrogen-bond donors (Lipinski definition) is 2. The second-order valence-electron chi connectivity index (χ2n) is 5.04. The molecule has 3 nitrogen and oxygen atoms in total. The van der Waals surface area contributed by atoms with E-state index >= 15 is 0 Å². The van der Waals surface area contributed by atoms with E-state index in [0.29, 0.717) is 0 Å². The number of aromatic nitrogens is 1. The molecule has 3 aromatic rings. The van der Waals surface area contributed by atoms with Crippen molar-refractivity contribution < 1.29 is 4.74 Å². The van der Waals surface area contributed by atoms with Crippen LogP contribution in [-0.2, 0) is 0 Å². The van der Waals surface area contributed by atoms with Gasteiger partial charge in [0.25, 0.3) is 0 Å². The predicted molar refractivity (Wildman–Crippen MR) is 85.8 cm³/mol. The molecule has 0 aliphatic rings. The van der Waals surface area contributed by atoms with E-state index in [1.165, 1.54) is 10.8 Å². The van der Waals surface area contributed by atoms with Crippen molar-refractivity contribution in [3.63, 3.8) is 0 Å². The molecule has 3 heteroatoms. The Hall–Kier alpha value is -2.16. The van der Waals surface area contributed by atoms with E-state index in [2.05, 4.69) is 53.6 Å². The van der Waals surface area contributed by atoms with Crippen LogP contribution in [0.25, 0.3) is 21.8 Å². The van der Waals surface area contributed by atoms with Crippen molar-refractivity contribution in [2.75, 3.05) is 19.0 Å². The fourth-order valence-electron chi connectivity index (χ4n) is 2.47. The number of H-pyrrole nitrogens is 1. The third-order valence-electron chi connectivity index (χ3n) is 3.63. The van der Waals surface area contributed by atoms with E-state index in [1.54, 1.807) is 0 Å². The van der Waals surface area contributed by atoms with Gasteiger partial charge in [-0.05, 0) is 30.7 Å². The molecule has 0 spiro atoms. The highest BCUT2D eigenvalue weighted by Gasteiger charge is 2.06. The fourth-order valence-corrected chi connectivity index (χ4v) is 2.47. The molecule has 0 fully saturated rings. The number of anilines is 1. The molecule has 0 atom stereocenters. The zero-order valence-corrected chi connectivity index (χ0v) is 12.0. The lowest BCUT2D eigenvalue weighted by molar-refractivity contribution is 0.310. The first-order valence-corrected chi connectivity index (χ1v) is 7.18. The van der Waals surface area contributed by atoms with Crippen LogP contribution < -0.4 is 10.1 Å². The smallest absolute Gasteiger partial charge is 0.121 e. The van der Waals surface area contributed by atoms with Crippen LogP contribution >= 0.6 is 0 Å². The standard InChI is InChI=1S/C17H20N2O/c1-3-4-9-20-13-6-8-15-14-7-5-12(18-2)10-16(14)19-17(15)11-13/h5-8,10-11,18-19H,3-4,9H2,1-2H3. The third kappa shape index (κ3) is 2.31. The number of aromatic amines is 1. The highest BCUT2D eigenvalue weighted by atomic mass is 16.5. The molecule has 20 heavy (non-hydrogen) atoms. The summed E-state index contributed by atoms with van der Waals surface area (Å²) in [6.45, 7) is 2.95. The molecule has 104 valence electrons. The van der Waals surface area contributed by atoms with Gasteiger partial charge in [-0.2, -0.15) is 0 Å². The number of unbranched alkanes of at least 4 members (excludes halogenated alkanes) is 1. The van der Waals surface area contributed by atoms with Gasteiger partial charge < -0.3 is 15.0 Å². The van der Waals surface area contributed by atoms with Crippen LogP contribution in [0.3, 0.4) is 0 Å². The van der Waals surface area contributed by atoms with Crippen LogP contribution in [-0.4, -0.2) is 18.6 Å². The van der Waals surface area contributed by atoms with E-state index < -0.39 is 0 Å². The number of benzene rings is 2. The zero-order valence-electron chi connectivity index (χ0n) is 12.0. The quantitative estimate of drug-likeness (QED) is 0.666. The molecule has 0 unspecified atom stereocenters. The molecule has 3 rings (SSSR count). The average Bonchev–Trinajstić information content (AvgIpc) is 2.84. The molecule has 0 amide bonds. The first-order valence-electron chi connectivity index (χ1n) is 7.18. The minimum atomic E-state index is 0.784. The first-order chi connectivity index (χ1) is 9.81. The molecule has 0 bridgehead atoms. The highest BCUT2D eigenvalue weighted by molar-refractivity contribution is 6.08. The second kappa shape index (κ2) is 5.45. The van der Waals surface area contributed by atoms with E-state index in [1.807, 2.05) is 7.05 Å². The Morgan fingerprint density at radius 3 is 2.55 bits per heavy atom. The summed E-state index contributed by atoms with van der Waals surface area (Å²) >= 11 is 0. The van der Waals surface area contributed by atoms with Crippen molar-refractivity contribution in [3.05, 3.63) is 36.4 Å². The van der Waals surface area contributed by atoms with E-state index in [-0.39, 0.29) is 0 Å². The van der Waals surface area contributed by atoms with Crippen molar-refractivity contribution in [3.8, 4) is 5.75 Å². The van der Waals surface area contributed by atoms with Crippen LogP contribution in [0.4, 0.5) is 5.69 Å². The second-order valence-corrected chi connectivity index (χ2v) is 5.04. The van der Waals surface area contributed by atoms with E-state index in [9.17, 15) is 0 Å². The average molecular weight is 268 g/mol. The summed E-state index contributed by atoms with van der Waals surface area (Å²) in [4.78, 5) is 3.46. The summed E-state index contributed by atoms with van der Waals surface area (Å²) in [6.07, 6.45) is 2.25. The minimum Gasteiger partial charge on any atom is -0.494 e. The minimum absolute atomic E-state index is 0.784. The molecule has 0 saturated heterocycles. The molecule has 0 aliphatic carbocycles. The molecule has 0 saturated carbocycles. The topological polar surface area (TPSA) is 37.0 Å². The Labute approximate surface area is 118 Å². The summed E-state index contributed by atoms with van der Waals surface area (Å²) in [7, 11) is 1.93. The molecule has 1 heterocycles. The lowest BCUT2D eigenvalue weighted by atomic mass is 10.1. The summed E-state index contributed by atoms with van der Waals surface area (Å²) < 4.78 is 5.76. The summed E-state index contributed by atoms with van der Waals surface area (Å²) in [6, 6.07) is 12.7. The molecule has 2 aromatic carbocycles. The van der Waals surface area contributed by atoms with Gasteiger partial charge in [-0.25, -0.2) is 0 Å². The number of ether oxygens (including phenoxy) is 1. The number of hydrogen-bond acceptors (Lipinski definition) is 2. The highest BCUT2D eigenvalue weighted by Crippen LogP contribution is 2.29. The van der Waals surface area contributed by atoms with Gasteiger partial charge in [0.2, 0.25) is 0 Å². The Balaban J connectivity index is 1.99. The number of nitrogens with one attached hydrogen (secondary N) is 2. The third-order valence-corrected chi connectivity index (χ3v) is 3.63. The Morgan fingerprint density at radius 1 is 1.05 bits per heavy atom. The van der Waals surface area contributed by atoms with Gasteiger partial charge in [0.05, 0.1) is 12.1 Å². The Bertz CT molecular complexity index is 730. The maximum Gasteiger partial charge on any atom is 0.121 e. The number of fused-ring (bicyclic) bond motifs is 3. The number of rotatable bonds is 5. The largest absolute Gasteiger partial charge is 0.494 e. The molecule has 0 aliphatic heterocycles. The summed E-state index contributed by atoms with van der Waals surface area (Å²) in [5, 5.41) is 5.65. The van der Waals surface area contributed by atoms with Gasteiger partial charge in [-0.1, -0.05) is 19.4 Å². The van der Waals surface area contributed by atoms with Crippen LogP contribution in [0.2, 0.25) is 0 Å². The van der Waals surface area contributed by atoms with Crippen molar-refractivity contribution in [1.29, 1.82) is 0 Å². The van der Waals surface area contributed by atoms with Gasteiger partial charge in [0, 0.05) is 35.1 Å². The van der Waals surface area contributed by atoms with Crippen molar-refractivity contribution in [1.82, 2.24) is 4.98 Å². The van der Waals surface area contributed by atoms with Crippen molar-refractivity contribution in [2.24, 2.45) is 0 Å². The fraction of sp³-hybridized carbons (Fsp3) is 0.294. The van der Waals surface area contributed by atoms with Gasteiger partial charge in [0.15, 0.2) is 0 Å². The Kier molecular flexibility index (Phi) is 3.50. The van der Waals surface area contributed by atoms with Crippen LogP contribution in [0.15, 0.2) is 36.4 Å². The lowest BCUT2D eigenvalue weighted by Crippen LogP contribution is -1.95. The SMILES string of the molecule is CCCCOc1ccc2c(c1)[nH]c1cc(NC)ccc12. The van der Waals surface area contributed by atoms with E-state index in [4.69, 9.17) is 4.74 Å². The first kappa shape index (κ1) is 12.9. The molecular weight excluding hydrogens is 248 g/mol. The molecule has 0 radical (unpaired) electrons. The monoisotopic (exact) mass is 268 g/mol. The lowest BCUT2D eigenvalue weighted by Gasteiger charge is -2.04. The van der Waals surface area contributed by atoms with Crippen molar-refractivity contribution in [2.45, 2.75) is 19.8 Å². The maximum atomic E-state index is 5.76. The zero-order chi connectivity index (χ0) is 13.9. The van der Waals surface area contributed by atoms with Crippen LogP contribution in [0.5, 0.6) is 5.75 Å². The van der Waals surface area contributed by atoms with Gasteiger partial charge in [-0.15, -0.1) is 0 Å². The van der Waals surface area contributed by atoms with E-state index in [0.717, 1.165) is 41.9 Å². The molecule has 2 N–H and O–H groups in total. The van der Waals surface area contributed by atoms with Crippen LogP contribution in [0.1, 0.15) is 19.8 Å². The summed E-state index contributed by atoms with van der Waals surface area (Å²) in [5.74, 6) is 0.936.